The van der Waals surface area contributed by atoms with Crippen LogP contribution >= 0.6 is 11.6 Å². The van der Waals surface area contributed by atoms with Gasteiger partial charge >= 0.3 is 0 Å². The summed E-state index contributed by atoms with van der Waals surface area (Å²) in [6.45, 7) is 3.41. The second-order valence-electron chi connectivity index (χ2n) is 4.13. The highest BCUT2D eigenvalue weighted by Gasteiger charge is 2.23. The molecule has 0 aliphatic carbocycles. The van der Waals surface area contributed by atoms with E-state index in [9.17, 15) is 18.4 Å². The molecule has 0 spiro atoms. The lowest BCUT2D eigenvalue weighted by atomic mass is 10.1. The Balaban J connectivity index is 2.87. The summed E-state index contributed by atoms with van der Waals surface area (Å²) in [7, 11) is 0. The van der Waals surface area contributed by atoms with E-state index in [1.165, 1.54) is 0 Å². The molecule has 0 saturated carbocycles. The Morgan fingerprint density at radius 2 is 1.83 bits per heavy atom. The summed E-state index contributed by atoms with van der Waals surface area (Å²) in [6, 6.07) is 1.87. The molecular formula is C12H12ClF2NO2. The van der Waals surface area contributed by atoms with Crippen molar-refractivity contribution in [2.45, 2.75) is 19.9 Å². The number of hydrogen-bond acceptors (Lipinski definition) is 2. The Hall–Kier alpha value is -1.49. The Bertz CT molecular complexity index is 477. The van der Waals surface area contributed by atoms with E-state index in [-0.39, 0.29) is 11.5 Å². The van der Waals surface area contributed by atoms with E-state index in [0.29, 0.717) is 0 Å². The normalized spacial score (nSPS) is 12.3. The van der Waals surface area contributed by atoms with Gasteiger partial charge in [0.25, 0.3) is 5.91 Å². The van der Waals surface area contributed by atoms with Crippen molar-refractivity contribution in [3.05, 3.63) is 35.4 Å². The van der Waals surface area contributed by atoms with Gasteiger partial charge < -0.3 is 5.32 Å². The van der Waals surface area contributed by atoms with Crippen molar-refractivity contribution < 1.29 is 18.4 Å². The zero-order valence-corrected chi connectivity index (χ0v) is 10.6. The zero-order chi connectivity index (χ0) is 13.9. The predicted molar refractivity (Wildman–Crippen MR) is 63.3 cm³/mol. The summed E-state index contributed by atoms with van der Waals surface area (Å²) in [4.78, 5) is 22.8. The van der Waals surface area contributed by atoms with Crippen molar-refractivity contribution in [3.63, 3.8) is 0 Å². The van der Waals surface area contributed by atoms with Crippen molar-refractivity contribution in [2.75, 3.05) is 0 Å². The largest absolute Gasteiger partial charge is 0.341 e. The van der Waals surface area contributed by atoms with Crippen LogP contribution < -0.4 is 5.32 Å². The summed E-state index contributed by atoms with van der Waals surface area (Å²) in [5.74, 6) is -3.05. The number of rotatable bonds is 4. The molecule has 3 nitrogen and oxygen atoms in total. The number of amides is 1. The maximum atomic E-state index is 12.9. The number of hydrogen-bond donors (Lipinski definition) is 1. The van der Waals surface area contributed by atoms with Crippen LogP contribution in [0, 0.1) is 17.6 Å². The molecule has 0 aromatic heterocycles. The Morgan fingerprint density at radius 1 is 1.22 bits per heavy atom. The van der Waals surface area contributed by atoms with Crippen molar-refractivity contribution in [2.24, 2.45) is 5.92 Å². The third kappa shape index (κ3) is 3.50. The average Bonchev–Trinajstić information content (AvgIpc) is 2.28. The topological polar surface area (TPSA) is 46.2 Å². The van der Waals surface area contributed by atoms with E-state index in [0.717, 1.165) is 18.2 Å². The van der Waals surface area contributed by atoms with Crippen LogP contribution in [0.2, 0.25) is 0 Å². The molecule has 1 atom stereocenters. The fourth-order valence-electron chi connectivity index (χ4n) is 1.35. The molecule has 0 heterocycles. The smallest absolute Gasteiger partial charge is 0.252 e. The first kappa shape index (κ1) is 14.6. The van der Waals surface area contributed by atoms with Crippen LogP contribution in [0.3, 0.4) is 0 Å². The molecule has 1 unspecified atom stereocenters. The van der Waals surface area contributed by atoms with Gasteiger partial charge in [-0.15, -0.1) is 0 Å². The lowest BCUT2D eigenvalue weighted by molar-refractivity contribution is -0.114. The van der Waals surface area contributed by atoms with E-state index >= 15 is 0 Å². The van der Waals surface area contributed by atoms with Crippen molar-refractivity contribution in [3.8, 4) is 0 Å². The molecule has 0 saturated heterocycles. The summed E-state index contributed by atoms with van der Waals surface area (Å²) < 4.78 is 25.6. The molecule has 98 valence electrons. The maximum absolute atomic E-state index is 12.9. The molecular weight excluding hydrogens is 264 g/mol. The Kier molecular flexibility index (Phi) is 4.78. The number of carbonyl (C=O) groups excluding carboxylic acids is 2. The molecule has 0 aliphatic rings. The summed E-state index contributed by atoms with van der Waals surface area (Å²) in [5, 5.41) is 1.66. The summed E-state index contributed by atoms with van der Waals surface area (Å²) in [6.07, 6.45) is 0. The molecule has 6 heteroatoms. The highest BCUT2D eigenvalue weighted by molar-refractivity contribution is 6.64. The van der Waals surface area contributed by atoms with Gasteiger partial charge in [-0.05, 0) is 35.7 Å². The van der Waals surface area contributed by atoms with Gasteiger partial charge in [0.15, 0.2) is 11.6 Å². The van der Waals surface area contributed by atoms with Gasteiger partial charge in [0.2, 0.25) is 5.24 Å². The first-order valence-electron chi connectivity index (χ1n) is 5.28. The molecule has 1 N–H and O–H groups in total. The van der Waals surface area contributed by atoms with Crippen LogP contribution in [0.5, 0.6) is 0 Å². The van der Waals surface area contributed by atoms with Crippen molar-refractivity contribution in [1.29, 1.82) is 0 Å². The van der Waals surface area contributed by atoms with Crippen LogP contribution in [0.4, 0.5) is 8.78 Å². The first-order chi connectivity index (χ1) is 8.32. The van der Waals surface area contributed by atoms with Crippen molar-refractivity contribution >= 4 is 22.8 Å². The number of halogens is 3. The van der Waals surface area contributed by atoms with Crippen LogP contribution in [0.1, 0.15) is 24.2 Å². The zero-order valence-electron chi connectivity index (χ0n) is 9.84. The standard InChI is InChI=1S/C12H12ClF2NO2/c1-6(2)10(11(13)17)16-12(18)7-3-4-8(14)9(15)5-7/h3-6,10H,1-2H3,(H,16,18). The van der Waals surface area contributed by atoms with Crippen LogP contribution in [-0.2, 0) is 4.79 Å². The quantitative estimate of drug-likeness (QED) is 0.858. The Morgan fingerprint density at radius 3 is 2.28 bits per heavy atom. The number of benzene rings is 1. The highest BCUT2D eigenvalue weighted by atomic mass is 35.5. The maximum Gasteiger partial charge on any atom is 0.252 e. The minimum Gasteiger partial charge on any atom is -0.341 e. The Labute approximate surface area is 108 Å². The minimum atomic E-state index is -1.12. The second-order valence-corrected chi connectivity index (χ2v) is 4.50. The van der Waals surface area contributed by atoms with E-state index in [4.69, 9.17) is 11.6 Å². The van der Waals surface area contributed by atoms with Crippen LogP contribution in [0.15, 0.2) is 18.2 Å². The molecule has 0 fully saturated rings. The van der Waals surface area contributed by atoms with E-state index < -0.39 is 28.8 Å². The predicted octanol–water partition coefficient (Wildman–Crippen LogP) is 2.48. The van der Waals surface area contributed by atoms with E-state index in [1.807, 2.05) is 0 Å². The number of nitrogens with one attached hydrogen (secondary N) is 1. The molecule has 1 aromatic rings. The molecule has 1 aromatic carbocycles. The van der Waals surface area contributed by atoms with Gasteiger partial charge in [0.05, 0.1) is 0 Å². The molecule has 0 radical (unpaired) electrons. The summed E-state index contributed by atoms with van der Waals surface area (Å²) in [5.41, 5.74) is -0.0718. The fraction of sp³-hybridized carbons (Fsp3) is 0.333. The van der Waals surface area contributed by atoms with Crippen molar-refractivity contribution in [1.82, 2.24) is 5.32 Å². The molecule has 0 bridgehead atoms. The first-order valence-corrected chi connectivity index (χ1v) is 5.66. The lowest BCUT2D eigenvalue weighted by Gasteiger charge is -2.18. The minimum absolute atomic E-state index is 0.0718. The van der Waals surface area contributed by atoms with E-state index in [1.54, 1.807) is 13.8 Å². The molecule has 0 aliphatic heterocycles. The molecule has 1 rings (SSSR count). The van der Waals surface area contributed by atoms with Gasteiger partial charge in [-0.2, -0.15) is 0 Å². The second kappa shape index (κ2) is 5.91. The van der Waals surface area contributed by atoms with Crippen LogP contribution in [-0.4, -0.2) is 17.2 Å². The third-order valence-corrected chi connectivity index (χ3v) is 2.61. The molecule has 1 amide bonds. The van der Waals surface area contributed by atoms with Gasteiger partial charge in [0.1, 0.15) is 6.04 Å². The van der Waals surface area contributed by atoms with Gasteiger partial charge in [0, 0.05) is 5.56 Å². The van der Waals surface area contributed by atoms with Gasteiger partial charge in [-0.3, -0.25) is 9.59 Å². The molecule has 18 heavy (non-hydrogen) atoms. The monoisotopic (exact) mass is 275 g/mol. The SMILES string of the molecule is CC(C)C(NC(=O)c1ccc(F)c(F)c1)C(=O)Cl. The average molecular weight is 276 g/mol. The summed E-state index contributed by atoms with van der Waals surface area (Å²) >= 11 is 5.34. The lowest BCUT2D eigenvalue weighted by Crippen LogP contribution is -2.42. The van der Waals surface area contributed by atoms with Gasteiger partial charge in [-0.25, -0.2) is 8.78 Å². The van der Waals surface area contributed by atoms with Crippen LogP contribution in [0.25, 0.3) is 0 Å². The third-order valence-electron chi connectivity index (χ3n) is 2.38. The fourth-order valence-corrected chi connectivity index (χ4v) is 1.65. The van der Waals surface area contributed by atoms with E-state index in [2.05, 4.69) is 5.32 Å². The van der Waals surface area contributed by atoms with Gasteiger partial charge in [-0.1, -0.05) is 13.8 Å². The highest BCUT2D eigenvalue weighted by Crippen LogP contribution is 2.11. The number of carbonyl (C=O) groups is 2.